The van der Waals surface area contributed by atoms with E-state index in [-0.39, 0.29) is 18.0 Å². The van der Waals surface area contributed by atoms with Gasteiger partial charge in [0.2, 0.25) is 0 Å². The molecule has 4 nitrogen and oxygen atoms in total. The van der Waals surface area contributed by atoms with Gasteiger partial charge in [0.05, 0.1) is 13.2 Å². The Kier molecular flexibility index (Phi) is 9.11. The van der Waals surface area contributed by atoms with Crippen LogP contribution in [0.3, 0.4) is 0 Å². The minimum Gasteiger partial charge on any atom is -0.290 e. The first kappa shape index (κ1) is 16.3. The Bertz CT molecular complexity index is 248. The van der Waals surface area contributed by atoms with Gasteiger partial charge in [0.1, 0.15) is 0 Å². The SMILES string of the molecule is C=C(Br)COP(=O)(OC)OCC(Br)CBr. The number of hydrogen-bond donors (Lipinski definition) is 0. The van der Waals surface area contributed by atoms with Crippen LogP contribution in [0.4, 0.5) is 0 Å². The Morgan fingerprint density at radius 3 is 2.53 bits per heavy atom. The molecule has 8 heteroatoms. The summed E-state index contributed by atoms with van der Waals surface area (Å²) in [6.45, 7) is 3.85. The van der Waals surface area contributed by atoms with E-state index in [9.17, 15) is 4.57 Å². The van der Waals surface area contributed by atoms with Gasteiger partial charge >= 0.3 is 7.82 Å². The van der Waals surface area contributed by atoms with Crippen LogP contribution in [0.5, 0.6) is 0 Å². The average Bonchev–Trinajstić information content (AvgIpc) is 2.23. The van der Waals surface area contributed by atoms with E-state index >= 15 is 0 Å². The molecule has 0 radical (unpaired) electrons. The first-order valence-corrected chi connectivity index (χ1v) is 8.20. The van der Waals surface area contributed by atoms with Crippen molar-refractivity contribution in [2.24, 2.45) is 0 Å². The fraction of sp³-hybridized carbons (Fsp3) is 0.714. The molecule has 0 bridgehead atoms. The van der Waals surface area contributed by atoms with E-state index in [4.69, 9.17) is 13.6 Å². The summed E-state index contributed by atoms with van der Waals surface area (Å²) in [4.78, 5) is 0.0525. The molecule has 2 unspecified atom stereocenters. The highest BCUT2D eigenvalue weighted by atomic mass is 79.9. The summed E-state index contributed by atoms with van der Waals surface area (Å²) < 4.78 is 27.0. The van der Waals surface area contributed by atoms with Crippen molar-refractivity contribution in [2.75, 3.05) is 25.7 Å². The van der Waals surface area contributed by atoms with Crippen LogP contribution in [0.1, 0.15) is 0 Å². The fourth-order valence-electron chi connectivity index (χ4n) is 0.508. The molecule has 0 N–H and O–H groups in total. The number of rotatable bonds is 8. The van der Waals surface area contributed by atoms with Crippen molar-refractivity contribution >= 4 is 55.6 Å². The normalized spacial score (nSPS) is 17.1. The maximum absolute atomic E-state index is 11.7. The van der Waals surface area contributed by atoms with Crippen LogP contribution >= 0.6 is 55.6 Å². The topological polar surface area (TPSA) is 44.8 Å². The van der Waals surface area contributed by atoms with Crippen LogP contribution in [-0.4, -0.2) is 30.5 Å². The van der Waals surface area contributed by atoms with E-state index in [1.807, 2.05) is 0 Å². The number of halogens is 3. The van der Waals surface area contributed by atoms with Crippen molar-refractivity contribution in [3.8, 4) is 0 Å². The molecular formula is C7H12Br3O4P. The van der Waals surface area contributed by atoms with Crippen LogP contribution in [0, 0.1) is 0 Å². The third kappa shape index (κ3) is 8.07. The molecule has 90 valence electrons. The molecule has 0 aromatic carbocycles. The number of phosphoric acid groups is 1. The van der Waals surface area contributed by atoms with E-state index in [0.29, 0.717) is 9.81 Å². The van der Waals surface area contributed by atoms with Crippen molar-refractivity contribution in [2.45, 2.75) is 4.83 Å². The van der Waals surface area contributed by atoms with Crippen LogP contribution in [-0.2, 0) is 18.1 Å². The predicted octanol–water partition coefficient (Wildman–Crippen LogP) is 3.84. The zero-order valence-electron chi connectivity index (χ0n) is 8.12. The second kappa shape index (κ2) is 8.39. The van der Waals surface area contributed by atoms with Crippen LogP contribution < -0.4 is 0 Å². The predicted molar refractivity (Wildman–Crippen MR) is 71.1 cm³/mol. The highest BCUT2D eigenvalue weighted by Crippen LogP contribution is 2.49. The molecule has 0 amide bonds. The van der Waals surface area contributed by atoms with Gasteiger partial charge in [-0.1, -0.05) is 54.4 Å². The van der Waals surface area contributed by atoms with Gasteiger partial charge < -0.3 is 0 Å². The largest absolute Gasteiger partial charge is 0.474 e. The molecule has 0 aromatic heterocycles. The zero-order chi connectivity index (χ0) is 11.9. The van der Waals surface area contributed by atoms with Gasteiger partial charge in [-0.15, -0.1) is 0 Å². The standard InChI is InChI=1S/C7H12Br3O4P/c1-6(9)4-13-15(11,12-2)14-5-7(10)3-8/h7H,1,3-5H2,2H3. The van der Waals surface area contributed by atoms with Crippen LogP contribution in [0.2, 0.25) is 0 Å². The number of alkyl halides is 2. The second-order valence-electron chi connectivity index (χ2n) is 2.47. The first-order valence-electron chi connectivity index (χ1n) is 3.91. The molecule has 15 heavy (non-hydrogen) atoms. The summed E-state index contributed by atoms with van der Waals surface area (Å²) in [6.07, 6.45) is 0. The third-order valence-electron chi connectivity index (χ3n) is 1.18. The molecule has 0 aliphatic rings. The average molecular weight is 431 g/mol. The van der Waals surface area contributed by atoms with Gasteiger partial charge in [-0.3, -0.25) is 13.6 Å². The van der Waals surface area contributed by atoms with Crippen molar-refractivity contribution in [3.05, 3.63) is 11.1 Å². The Morgan fingerprint density at radius 2 is 2.13 bits per heavy atom. The molecule has 0 rings (SSSR count). The summed E-state index contributed by atoms with van der Waals surface area (Å²) in [5.41, 5.74) is 0. The maximum Gasteiger partial charge on any atom is 0.474 e. The number of hydrogen-bond acceptors (Lipinski definition) is 4. The molecule has 0 spiro atoms. The van der Waals surface area contributed by atoms with E-state index in [2.05, 4.69) is 54.4 Å². The lowest BCUT2D eigenvalue weighted by molar-refractivity contribution is 0.143. The van der Waals surface area contributed by atoms with E-state index in [1.54, 1.807) is 0 Å². The Balaban J connectivity index is 4.07. The summed E-state index contributed by atoms with van der Waals surface area (Å²) in [5, 5.41) is 0.682. The monoisotopic (exact) mass is 428 g/mol. The van der Waals surface area contributed by atoms with Gasteiger partial charge in [0.25, 0.3) is 0 Å². The highest BCUT2D eigenvalue weighted by molar-refractivity contribution is 9.12. The van der Waals surface area contributed by atoms with Crippen molar-refractivity contribution in [3.63, 3.8) is 0 Å². The molecule has 0 saturated heterocycles. The number of phosphoric ester groups is 1. The molecule has 2 atom stereocenters. The highest BCUT2D eigenvalue weighted by Gasteiger charge is 2.25. The summed E-state index contributed by atoms with van der Waals surface area (Å²) in [7, 11) is -2.19. The molecule has 0 saturated carbocycles. The second-order valence-corrected chi connectivity index (χ2v) is 7.31. The maximum atomic E-state index is 11.7. The fourth-order valence-corrected chi connectivity index (χ4v) is 2.29. The van der Waals surface area contributed by atoms with Crippen molar-refractivity contribution in [1.82, 2.24) is 0 Å². The third-order valence-corrected chi connectivity index (χ3v) is 5.01. The summed E-state index contributed by atoms with van der Waals surface area (Å²) >= 11 is 9.64. The molecular weight excluding hydrogens is 419 g/mol. The quantitative estimate of drug-likeness (QED) is 0.433. The zero-order valence-corrected chi connectivity index (χ0v) is 13.8. The Hall–Kier alpha value is 1.29. The van der Waals surface area contributed by atoms with Crippen LogP contribution in [0.15, 0.2) is 11.1 Å². The van der Waals surface area contributed by atoms with Gasteiger partial charge in [0.15, 0.2) is 0 Å². The molecule has 0 aliphatic carbocycles. The summed E-state index contributed by atoms with van der Waals surface area (Å²) in [5.74, 6) is 0. The van der Waals surface area contributed by atoms with Gasteiger partial charge in [0, 0.05) is 21.7 Å². The van der Waals surface area contributed by atoms with Gasteiger partial charge in [-0.05, 0) is 0 Å². The molecule has 0 aromatic rings. The Labute approximate surface area is 115 Å². The smallest absolute Gasteiger partial charge is 0.290 e. The van der Waals surface area contributed by atoms with Gasteiger partial charge in [-0.25, -0.2) is 4.57 Å². The van der Waals surface area contributed by atoms with Crippen molar-refractivity contribution in [1.29, 1.82) is 0 Å². The lowest BCUT2D eigenvalue weighted by Gasteiger charge is -2.16. The summed E-state index contributed by atoms with van der Waals surface area (Å²) in [6, 6.07) is 0. The van der Waals surface area contributed by atoms with Crippen molar-refractivity contribution < 1.29 is 18.1 Å². The van der Waals surface area contributed by atoms with Crippen LogP contribution in [0.25, 0.3) is 0 Å². The minimum atomic E-state index is -3.46. The molecule has 0 heterocycles. The van der Waals surface area contributed by atoms with E-state index in [0.717, 1.165) is 0 Å². The minimum absolute atomic E-state index is 0.0525. The van der Waals surface area contributed by atoms with E-state index < -0.39 is 7.82 Å². The molecule has 0 aliphatic heterocycles. The lowest BCUT2D eigenvalue weighted by Crippen LogP contribution is -2.10. The molecule has 0 fully saturated rings. The Morgan fingerprint density at radius 1 is 1.53 bits per heavy atom. The first-order chi connectivity index (χ1) is 6.93. The van der Waals surface area contributed by atoms with E-state index in [1.165, 1.54) is 7.11 Å². The van der Waals surface area contributed by atoms with Gasteiger partial charge in [-0.2, -0.15) is 0 Å². The lowest BCUT2D eigenvalue weighted by atomic mass is 10.5.